The lowest BCUT2D eigenvalue weighted by Crippen LogP contribution is -2.13. The molecule has 0 fully saturated rings. The fourth-order valence-corrected chi connectivity index (χ4v) is 1.37. The summed E-state index contributed by atoms with van der Waals surface area (Å²) < 4.78 is 36.8. The van der Waals surface area contributed by atoms with E-state index in [1.807, 2.05) is 0 Å². The maximum Gasteiger partial charge on any atom is 0.416 e. The molecule has 0 aromatic heterocycles. The Morgan fingerprint density at radius 2 is 1.73 bits per heavy atom. The molecule has 0 atom stereocenters. The van der Waals surface area contributed by atoms with Crippen LogP contribution < -0.4 is 10.6 Å². The lowest BCUT2D eigenvalue weighted by atomic mass is 10.1. The van der Waals surface area contributed by atoms with Gasteiger partial charge in [0.25, 0.3) is 0 Å². The van der Waals surface area contributed by atoms with Gasteiger partial charge in [0.1, 0.15) is 0 Å². The van der Waals surface area contributed by atoms with Crippen LogP contribution in [0.5, 0.6) is 0 Å². The van der Waals surface area contributed by atoms with Gasteiger partial charge in [0.2, 0.25) is 0 Å². The summed E-state index contributed by atoms with van der Waals surface area (Å²) in [4.78, 5) is 0. The third-order valence-corrected chi connectivity index (χ3v) is 2.15. The molecule has 0 bridgehead atoms. The fourth-order valence-electron chi connectivity index (χ4n) is 1.37. The van der Waals surface area contributed by atoms with Crippen molar-refractivity contribution >= 4 is 5.70 Å². The van der Waals surface area contributed by atoms with Crippen LogP contribution in [0.2, 0.25) is 0 Å². The molecule has 80 valence electrons. The van der Waals surface area contributed by atoms with Crippen LogP contribution in [-0.4, -0.2) is 6.67 Å². The van der Waals surface area contributed by atoms with Crippen molar-refractivity contribution in [3.63, 3.8) is 0 Å². The Morgan fingerprint density at radius 3 is 2.20 bits per heavy atom. The molecule has 2 rings (SSSR count). The Balaban J connectivity index is 2.24. The lowest BCUT2D eigenvalue weighted by Gasteiger charge is -2.08. The van der Waals surface area contributed by atoms with E-state index in [1.165, 1.54) is 12.1 Å². The molecule has 5 heteroatoms. The molecule has 1 aliphatic rings. The van der Waals surface area contributed by atoms with E-state index in [-0.39, 0.29) is 0 Å². The third kappa shape index (κ3) is 2.06. The fraction of sp³-hybridized carbons (Fsp3) is 0.200. The largest absolute Gasteiger partial charge is 0.416 e. The van der Waals surface area contributed by atoms with Crippen LogP contribution in [0.3, 0.4) is 0 Å². The predicted octanol–water partition coefficient (Wildman–Crippen LogP) is 2.15. The second-order valence-corrected chi connectivity index (χ2v) is 3.19. The average Bonchev–Trinajstić information content (AvgIpc) is 2.69. The number of hydrogen-bond donors (Lipinski definition) is 2. The quantitative estimate of drug-likeness (QED) is 0.748. The molecule has 0 unspecified atom stereocenters. The van der Waals surface area contributed by atoms with Gasteiger partial charge in [0, 0.05) is 6.20 Å². The second-order valence-electron chi connectivity index (χ2n) is 3.19. The van der Waals surface area contributed by atoms with Crippen molar-refractivity contribution in [2.45, 2.75) is 6.18 Å². The summed E-state index contributed by atoms with van der Waals surface area (Å²) in [6.07, 6.45) is -2.53. The van der Waals surface area contributed by atoms with Gasteiger partial charge >= 0.3 is 6.18 Å². The summed E-state index contributed by atoms with van der Waals surface area (Å²) in [6, 6.07) is 5.07. The molecule has 0 radical (unpaired) electrons. The number of nitrogens with one attached hydrogen (secondary N) is 2. The maximum absolute atomic E-state index is 12.3. The van der Waals surface area contributed by atoms with Gasteiger partial charge in [-0.1, -0.05) is 12.1 Å². The smallest absolute Gasteiger partial charge is 0.372 e. The van der Waals surface area contributed by atoms with E-state index < -0.39 is 11.7 Å². The molecule has 1 heterocycles. The van der Waals surface area contributed by atoms with E-state index in [2.05, 4.69) is 10.6 Å². The zero-order chi connectivity index (χ0) is 10.9. The Kier molecular flexibility index (Phi) is 2.30. The van der Waals surface area contributed by atoms with E-state index in [1.54, 1.807) is 6.20 Å². The predicted molar refractivity (Wildman–Crippen MR) is 50.6 cm³/mol. The van der Waals surface area contributed by atoms with E-state index in [0.717, 1.165) is 23.4 Å². The van der Waals surface area contributed by atoms with Crippen molar-refractivity contribution in [3.05, 3.63) is 41.6 Å². The summed E-state index contributed by atoms with van der Waals surface area (Å²) in [5, 5.41) is 5.92. The third-order valence-electron chi connectivity index (χ3n) is 2.15. The van der Waals surface area contributed by atoms with Crippen LogP contribution in [0.15, 0.2) is 30.5 Å². The molecule has 2 nitrogen and oxygen atoms in total. The minimum absolute atomic E-state index is 0.607. The summed E-state index contributed by atoms with van der Waals surface area (Å²) >= 11 is 0. The minimum atomic E-state index is -4.27. The van der Waals surface area contributed by atoms with Gasteiger partial charge in [-0.15, -0.1) is 0 Å². The second kappa shape index (κ2) is 3.49. The molecule has 1 aromatic rings. The Hall–Kier alpha value is -1.65. The average molecular weight is 214 g/mol. The Bertz CT molecular complexity index is 379. The summed E-state index contributed by atoms with van der Waals surface area (Å²) in [6.45, 7) is 0.607. The maximum atomic E-state index is 12.3. The van der Waals surface area contributed by atoms with E-state index in [0.29, 0.717) is 6.67 Å². The first-order valence-electron chi connectivity index (χ1n) is 4.42. The van der Waals surface area contributed by atoms with E-state index in [9.17, 15) is 13.2 Å². The van der Waals surface area contributed by atoms with Gasteiger partial charge in [-0.2, -0.15) is 13.2 Å². The van der Waals surface area contributed by atoms with Crippen molar-refractivity contribution in [1.29, 1.82) is 0 Å². The van der Waals surface area contributed by atoms with Gasteiger partial charge in [-0.3, -0.25) is 0 Å². The van der Waals surface area contributed by atoms with Crippen LogP contribution in [0.25, 0.3) is 5.70 Å². The molecule has 0 saturated carbocycles. The first-order chi connectivity index (χ1) is 7.07. The molecule has 0 amide bonds. The van der Waals surface area contributed by atoms with Crippen molar-refractivity contribution in [3.8, 4) is 0 Å². The van der Waals surface area contributed by atoms with Crippen LogP contribution in [0.1, 0.15) is 11.1 Å². The number of alkyl halides is 3. The first-order valence-corrected chi connectivity index (χ1v) is 4.42. The van der Waals surface area contributed by atoms with Crippen molar-refractivity contribution < 1.29 is 13.2 Å². The monoisotopic (exact) mass is 214 g/mol. The topological polar surface area (TPSA) is 24.1 Å². The van der Waals surface area contributed by atoms with Crippen LogP contribution in [0, 0.1) is 0 Å². The molecule has 1 aromatic carbocycles. The molecule has 0 aliphatic carbocycles. The number of halogens is 3. The highest BCUT2D eigenvalue weighted by Crippen LogP contribution is 2.29. The summed E-state index contributed by atoms with van der Waals surface area (Å²) in [5.74, 6) is 0. The summed E-state index contributed by atoms with van der Waals surface area (Å²) in [5.41, 5.74) is 0.925. The van der Waals surface area contributed by atoms with Crippen molar-refractivity contribution in [1.82, 2.24) is 10.6 Å². The van der Waals surface area contributed by atoms with Crippen LogP contribution in [-0.2, 0) is 6.18 Å². The highest BCUT2D eigenvalue weighted by molar-refractivity contribution is 5.65. The zero-order valence-electron chi connectivity index (χ0n) is 7.73. The minimum Gasteiger partial charge on any atom is -0.372 e. The molecule has 15 heavy (non-hydrogen) atoms. The number of hydrogen-bond acceptors (Lipinski definition) is 2. The normalized spacial score (nSPS) is 15.5. The van der Waals surface area contributed by atoms with Crippen LogP contribution >= 0.6 is 0 Å². The summed E-state index contributed by atoms with van der Waals surface area (Å²) in [7, 11) is 0. The van der Waals surface area contributed by atoms with Gasteiger partial charge in [0.15, 0.2) is 0 Å². The lowest BCUT2D eigenvalue weighted by molar-refractivity contribution is -0.137. The Labute approximate surface area is 84.8 Å². The van der Waals surface area contributed by atoms with E-state index in [4.69, 9.17) is 0 Å². The van der Waals surface area contributed by atoms with Crippen LogP contribution in [0.4, 0.5) is 13.2 Å². The van der Waals surface area contributed by atoms with Crippen molar-refractivity contribution in [2.75, 3.05) is 6.67 Å². The van der Waals surface area contributed by atoms with E-state index >= 15 is 0 Å². The highest BCUT2D eigenvalue weighted by Gasteiger charge is 2.30. The number of rotatable bonds is 1. The van der Waals surface area contributed by atoms with Gasteiger partial charge in [-0.05, 0) is 17.7 Å². The zero-order valence-corrected chi connectivity index (χ0v) is 7.73. The van der Waals surface area contributed by atoms with Gasteiger partial charge in [0.05, 0.1) is 17.9 Å². The number of benzene rings is 1. The molecule has 0 spiro atoms. The Morgan fingerprint density at radius 1 is 1.07 bits per heavy atom. The molecule has 1 aliphatic heterocycles. The highest BCUT2D eigenvalue weighted by atomic mass is 19.4. The van der Waals surface area contributed by atoms with Crippen molar-refractivity contribution in [2.24, 2.45) is 0 Å². The van der Waals surface area contributed by atoms with Gasteiger partial charge in [-0.25, -0.2) is 0 Å². The molecular formula is C10H9F3N2. The molecular weight excluding hydrogens is 205 g/mol. The first kappa shape index (κ1) is 9.89. The molecule has 0 saturated heterocycles. The molecule has 2 N–H and O–H groups in total. The van der Waals surface area contributed by atoms with Gasteiger partial charge < -0.3 is 10.6 Å². The SMILES string of the molecule is FC(F)(F)c1ccc(C2=CNCN2)cc1. The standard InChI is InChI=1S/C10H9F3N2/c11-10(12,13)8-3-1-7(2-4-8)9-5-14-6-15-9/h1-5,14-15H,6H2.